The third-order valence-electron chi connectivity index (χ3n) is 4.92. The smallest absolute Gasteiger partial charge is 0.255 e. The van der Waals surface area contributed by atoms with Crippen LogP contribution in [-0.4, -0.2) is 17.6 Å². The summed E-state index contributed by atoms with van der Waals surface area (Å²) in [6, 6.07) is 13.8. The van der Waals surface area contributed by atoms with Crippen LogP contribution >= 0.6 is 0 Å². The van der Waals surface area contributed by atoms with Crippen molar-refractivity contribution >= 4 is 29.0 Å². The minimum Gasteiger partial charge on any atom is -0.326 e. The molecule has 140 valence electrons. The molecule has 5 nitrogen and oxygen atoms in total. The van der Waals surface area contributed by atoms with Crippen LogP contribution in [0.4, 0.5) is 11.4 Å². The molecule has 0 radical (unpaired) electrons. The number of ketones is 1. The van der Waals surface area contributed by atoms with Crippen LogP contribution in [0.5, 0.6) is 0 Å². The largest absolute Gasteiger partial charge is 0.326 e. The molecule has 0 bridgehead atoms. The molecule has 1 aliphatic carbocycles. The summed E-state index contributed by atoms with van der Waals surface area (Å²) in [5.41, 5.74) is 1.98. The Bertz CT molecular complexity index is 854. The Hall–Kier alpha value is -2.95. The molecule has 0 spiro atoms. The van der Waals surface area contributed by atoms with Crippen molar-refractivity contribution in [1.82, 2.24) is 0 Å². The van der Waals surface area contributed by atoms with Crippen LogP contribution in [0.15, 0.2) is 48.5 Å². The number of para-hydroxylation sites is 1. The molecule has 27 heavy (non-hydrogen) atoms. The average molecular weight is 364 g/mol. The Morgan fingerprint density at radius 3 is 2.37 bits per heavy atom. The second-order valence-corrected chi connectivity index (χ2v) is 6.96. The number of carbonyl (C=O) groups is 3. The van der Waals surface area contributed by atoms with Crippen molar-refractivity contribution in [2.45, 2.75) is 39.0 Å². The maximum absolute atomic E-state index is 12.6. The van der Waals surface area contributed by atoms with E-state index in [0.717, 1.165) is 25.7 Å². The first kappa shape index (κ1) is 18.8. The van der Waals surface area contributed by atoms with Crippen LogP contribution in [0.3, 0.4) is 0 Å². The van der Waals surface area contributed by atoms with Crippen LogP contribution in [0.25, 0.3) is 0 Å². The predicted molar refractivity (Wildman–Crippen MR) is 106 cm³/mol. The second kappa shape index (κ2) is 8.62. The van der Waals surface area contributed by atoms with Crippen LogP contribution < -0.4 is 10.6 Å². The number of carbonyl (C=O) groups excluding carboxylic acids is 3. The number of hydrogen-bond donors (Lipinski definition) is 2. The number of benzene rings is 2. The van der Waals surface area contributed by atoms with E-state index in [0.29, 0.717) is 22.5 Å². The summed E-state index contributed by atoms with van der Waals surface area (Å²) in [7, 11) is 0. The highest BCUT2D eigenvalue weighted by Crippen LogP contribution is 2.25. The van der Waals surface area contributed by atoms with Crippen molar-refractivity contribution in [1.29, 1.82) is 0 Å². The van der Waals surface area contributed by atoms with Crippen LogP contribution in [-0.2, 0) is 4.79 Å². The number of rotatable bonds is 5. The molecule has 5 heteroatoms. The third-order valence-corrected chi connectivity index (χ3v) is 4.92. The molecule has 2 aromatic carbocycles. The number of anilines is 2. The first-order chi connectivity index (χ1) is 13.0. The van der Waals surface area contributed by atoms with Crippen LogP contribution in [0.1, 0.15) is 59.7 Å². The minimum absolute atomic E-state index is 0.0224. The van der Waals surface area contributed by atoms with E-state index in [-0.39, 0.29) is 23.5 Å². The van der Waals surface area contributed by atoms with Gasteiger partial charge in [-0.3, -0.25) is 14.4 Å². The Labute approximate surface area is 159 Å². The third kappa shape index (κ3) is 4.82. The average Bonchev–Trinajstić information content (AvgIpc) is 2.69. The summed E-state index contributed by atoms with van der Waals surface area (Å²) in [6.45, 7) is 1.46. The second-order valence-electron chi connectivity index (χ2n) is 6.96. The molecule has 0 atom stereocenters. The van der Waals surface area contributed by atoms with Crippen LogP contribution in [0, 0.1) is 5.92 Å². The fourth-order valence-corrected chi connectivity index (χ4v) is 3.44. The molecule has 1 aliphatic rings. The molecular weight excluding hydrogens is 340 g/mol. The van der Waals surface area contributed by atoms with E-state index < -0.39 is 0 Å². The lowest BCUT2D eigenvalue weighted by Crippen LogP contribution is -2.24. The minimum atomic E-state index is -0.322. The lowest BCUT2D eigenvalue weighted by molar-refractivity contribution is -0.120. The van der Waals surface area contributed by atoms with E-state index in [1.165, 1.54) is 13.3 Å². The lowest BCUT2D eigenvalue weighted by atomic mass is 9.88. The Morgan fingerprint density at radius 1 is 0.889 bits per heavy atom. The van der Waals surface area contributed by atoms with Crippen molar-refractivity contribution in [2.24, 2.45) is 5.92 Å². The summed E-state index contributed by atoms with van der Waals surface area (Å²) in [4.78, 5) is 36.7. The van der Waals surface area contributed by atoms with Gasteiger partial charge >= 0.3 is 0 Å². The SMILES string of the molecule is CC(=O)c1ccccc1NC(=O)c1cccc(NC(=O)C2CCCCC2)c1. The topological polar surface area (TPSA) is 75.3 Å². The molecule has 2 aromatic rings. The van der Waals surface area contributed by atoms with Gasteiger partial charge < -0.3 is 10.6 Å². The quantitative estimate of drug-likeness (QED) is 0.758. The number of Topliss-reactive ketones (excluding diaryl/α,β-unsaturated/α-hetero) is 1. The molecule has 2 amide bonds. The van der Waals surface area contributed by atoms with Crippen molar-refractivity contribution < 1.29 is 14.4 Å². The Kier molecular flexibility index (Phi) is 6.01. The van der Waals surface area contributed by atoms with E-state index in [4.69, 9.17) is 0 Å². The molecule has 1 fully saturated rings. The van der Waals surface area contributed by atoms with E-state index >= 15 is 0 Å². The first-order valence-corrected chi connectivity index (χ1v) is 9.37. The monoisotopic (exact) mass is 364 g/mol. The van der Waals surface area contributed by atoms with Gasteiger partial charge in [0.1, 0.15) is 0 Å². The van der Waals surface area contributed by atoms with Gasteiger partial charge in [0.05, 0.1) is 5.69 Å². The molecule has 0 aliphatic heterocycles. The molecule has 0 saturated heterocycles. The van der Waals surface area contributed by atoms with E-state index in [1.54, 1.807) is 48.5 Å². The Balaban J connectivity index is 1.70. The van der Waals surface area contributed by atoms with Gasteiger partial charge in [0.25, 0.3) is 5.91 Å². The van der Waals surface area contributed by atoms with Gasteiger partial charge in [0, 0.05) is 22.7 Å². The van der Waals surface area contributed by atoms with Gasteiger partial charge in [0.15, 0.2) is 5.78 Å². The highest BCUT2D eigenvalue weighted by molar-refractivity contribution is 6.09. The number of hydrogen-bond acceptors (Lipinski definition) is 3. The van der Waals surface area contributed by atoms with Crippen molar-refractivity contribution in [2.75, 3.05) is 10.6 Å². The normalized spacial score (nSPS) is 14.4. The zero-order valence-corrected chi connectivity index (χ0v) is 15.5. The molecule has 0 heterocycles. The summed E-state index contributed by atoms with van der Waals surface area (Å²) in [6.07, 6.45) is 5.23. The maximum atomic E-state index is 12.6. The lowest BCUT2D eigenvalue weighted by Gasteiger charge is -2.20. The summed E-state index contributed by atoms with van der Waals surface area (Å²) in [5, 5.41) is 5.71. The van der Waals surface area contributed by atoms with Gasteiger partial charge in [-0.2, -0.15) is 0 Å². The highest BCUT2D eigenvalue weighted by atomic mass is 16.2. The molecular formula is C22H24N2O3. The zero-order valence-electron chi connectivity index (χ0n) is 15.5. The maximum Gasteiger partial charge on any atom is 0.255 e. The fraction of sp³-hybridized carbons (Fsp3) is 0.318. The van der Waals surface area contributed by atoms with Gasteiger partial charge in [-0.25, -0.2) is 0 Å². The van der Waals surface area contributed by atoms with Gasteiger partial charge in [-0.15, -0.1) is 0 Å². The highest BCUT2D eigenvalue weighted by Gasteiger charge is 2.21. The molecule has 1 saturated carbocycles. The van der Waals surface area contributed by atoms with Crippen LogP contribution in [0.2, 0.25) is 0 Å². The summed E-state index contributed by atoms with van der Waals surface area (Å²) >= 11 is 0. The van der Waals surface area contributed by atoms with Gasteiger partial charge in [0.2, 0.25) is 5.91 Å². The number of nitrogens with one attached hydrogen (secondary N) is 2. The predicted octanol–water partition coefficient (Wildman–Crippen LogP) is 4.66. The van der Waals surface area contributed by atoms with E-state index in [2.05, 4.69) is 10.6 Å². The van der Waals surface area contributed by atoms with Crippen molar-refractivity contribution in [3.05, 3.63) is 59.7 Å². The van der Waals surface area contributed by atoms with Crippen molar-refractivity contribution in [3.8, 4) is 0 Å². The van der Waals surface area contributed by atoms with Gasteiger partial charge in [-0.1, -0.05) is 37.5 Å². The van der Waals surface area contributed by atoms with E-state index in [1.807, 2.05) is 0 Å². The fourth-order valence-electron chi connectivity index (χ4n) is 3.44. The molecule has 0 aromatic heterocycles. The van der Waals surface area contributed by atoms with Gasteiger partial charge in [-0.05, 0) is 50.1 Å². The zero-order chi connectivity index (χ0) is 19.2. The molecule has 2 N–H and O–H groups in total. The standard InChI is InChI=1S/C22H24N2O3/c1-15(25)19-12-5-6-13-20(19)24-22(27)17-10-7-11-18(14-17)23-21(26)16-8-3-2-4-9-16/h5-7,10-14,16H,2-4,8-9H2,1H3,(H,23,26)(H,24,27). The first-order valence-electron chi connectivity index (χ1n) is 9.37. The van der Waals surface area contributed by atoms with Crippen molar-refractivity contribution in [3.63, 3.8) is 0 Å². The van der Waals surface area contributed by atoms with E-state index in [9.17, 15) is 14.4 Å². The Morgan fingerprint density at radius 2 is 1.63 bits per heavy atom. The molecule has 3 rings (SSSR count). The molecule has 0 unspecified atom stereocenters. The summed E-state index contributed by atoms with van der Waals surface area (Å²) in [5.74, 6) is -0.357. The summed E-state index contributed by atoms with van der Waals surface area (Å²) < 4.78 is 0. The number of amides is 2.